The van der Waals surface area contributed by atoms with E-state index in [1.165, 1.54) is 6.92 Å². The summed E-state index contributed by atoms with van der Waals surface area (Å²) >= 11 is 0. The van der Waals surface area contributed by atoms with E-state index in [0.717, 1.165) is 42.6 Å². The number of unbranched alkanes of at least 4 members (excludes halogenated alkanes) is 1. The standard InChI is InChI=1S/C24H32O4/c1-7-8-9-23(3,4)14-10-17(27-13(2)25)20-18(11-14)28-22-19(20)15-12-16(21(22)26)24(15,5)6/h10-11,15-16,19,22H,7-9,12H2,1-6H3/t15-,16+,19+,22-/m1/s1. The van der Waals surface area contributed by atoms with Crippen LogP contribution in [0.25, 0.3) is 0 Å². The monoisotopic (exact) mass is 384 g/mol. The summed E-state index contributed by atoms with van der Waals surface area (Å²) in [7, 11) is 0. The lowest BCUT2D eigenvalue weighted by Crippen LogP contribution is -2.61. The molecule has 1 heterocycles. The van der Waals surface area contributed by atoms with E-state index in [0.29, 0.717) is 11.7 Å². The summed E-state index contributed by atoms with van der Waals surface area (Å²) in [6, 6.07) is 4.11. The van der Waals surface area contributed by atoms with E-state index in [-0.39, 0.29) is 34.4 Å². The van der Waals surface area contributed by atoms with E-state index >= 15 is 0 Å². The van der Waals surface area contributed by atoms with Gasteiger partial charge in [0.2, 0.25) is 0 Å². The summed E-state index contributed by atoms with van der Waals surface area (Å²) in [4.78, 5) is 24.9. The summed E-state index contributed by atoms with van der Waals surface area (Å²) in [6.45, 7) is 12.4. The number of ether oxygens (including phenoxy) is 2. The first-order valence-electron chi connectivity index (χ1n) is 10.6. The lowest BCUT2D eigenvalue weighted by Gasteiger charge is -2.59. The number of fused-ring (bicyclic) bond motifs is 1. The van der Waals surface area contributed by atoms with Crippen molar-refractivity contribution in [2.45, 2.75) is 84.7 Å². The van der Waals surface area contributed by atoms with E-state index in [1.807, 2.05) is 6.07 Å². The highest BCUT2D eigenvalue weighted by Gasteiger charge is 2.66. The minimum Gasteiger partial charge on any atom is -0.482 e. The van der Waals surface area contributed by atoms with Gasteiger partial charge in [-0.3, -0.25) is 9.59 Å². The topological polar surface area (TPSA) is 52.6 Å². The van der Waals surface area contributed by atoms with Crippen molar-refractivity contribution in [2.75, 3.05) is 0 Å². The molecule has 0 saturated heterocycles. The van der Waals surface area contributed by atoms with Crippen molar-refractivity contribution < 1.29 is 19.1 Å². The second-order valence-electron chi connectivity index (χ2n) is 10.2. The second-order valence-corrected chi connectivity index (χ2v) is 10.2. The third kappa shape index (κ3) is 2.71. The Morgan fingerprint density at radius 2 is 2.04 bits per heavy atom. The van der Waals surface area contributed by atoms with Gasteiger partial charge < -0.3 is 9.47 Å². The van der Waals surface area contributed by atoms with Crippen LogP contribution in [0.2, 0.25) is 0 Å². The van der Waals surface area contributed by atoms with Crippen LogP contribution in [0.5, 0.6) is 11.5 Å². The molecule has 0 radical (unpaired) electrons. The molecule has 0 amide bonds. The van der Waals surface area contributed by atoms with Crippen molar-refractivity contribution in [1.82, 2.24) is 0 Å². The van der Waals surface area contributed by atoms with Gasteiger partial charge in [-0.1, -0.05) is 47.5 Å². The molecule has 5 rings (SSSR count). The van der Waals surface area contributed by atoms with E-state index < -0.39 is 6.10 Å². The van der Waals surface area contributed by atoms with Gasteiger partial charge in [0.1, 0.15) is 11.5 Å². The first-order chi connectivity index (χ1) is 13.1. The second kappa shape index (κ2) is 6.33. The number of esters is 1. The molecular formula is C24H32O4. The number of Topliss-reactive ketones (excluding diaryl/α,β-unsaturated/α-hetero) is 1. The van der Waals surface area contributed by atoms with Gasteiger partial charge in [-0.25, -0.2) is 0 Å². The maximum Gasteiger partial charge on any atom is 0.308 e. The molecule has 152 valence electrons. The van der Waals surface area contributed by atoms with Gasteiger partial charge in [-0.2, -0.15) is 0 Å². The highest BCUT2D eigenvalue weighted by atomic mass is 16.5. The lowest BCUT2D eigenvalue weighted by atomic mass is 9.44. The zero-order chi connectivity index (χ0) is 20.4. The summed E-state index contributed by atoms with van der Waals surface area (Å²) in [5, 5.41) is 0. The smallest absolute Gasteiger partial charge is 0.308 e. The molecule has 28 heavy (non-hydrogen) atoms. The van der Waals surface area contributed by atoms with E-state index in [1.54, 1.807) is 0 Å². The number of hydrogen-bond donors (Lipinski definition) is 0. The van der Waals surface area contributed by atoms with Crippen molar-refractivity contribution in [3.63, 3.8) is 0 Å². The summed E-state index contributed by atoms with van der Waals surface area (Å²) in [5.74, 6) is 1.68. The van der Waals surface area contributed by atoms with Crippen LogP contribution in [-0.2, 0) is 15.0 Å². The van der Waals surface area contributed by atoms with Gasteiger partial charge in [0.25, 0.3) is 0 Å². The van der Waals surface area contributed by atoms with Gasteiger partial charge in [0.05, 0.1) is 0 Å². The molecule has 4 nitrogen and oxygen atoms in total. The summed E-state index contributed by atoms with van der Waals surface area (Å²) in [6.07, 6.45) is 3.81. The number of rotatable bonds is 5. The Balaban J connectivity index is 1.80. The molecule has 0 spiro atoms. The van der Waals surface area contributed by atoms with Crippen LogP contribution in [0, 0.1) is 17.3 Å². The van der Waals surface area contributed by atoms with Crippen LogP contribution in [-0.4, -0.2) is 17.9 Å². The fourth-order valence-electron chi connectivity index (χ4n) is 5.68. The predicted molar refractivity (Wildman–Crippen MR) is 108 cm³/mol. The molecule has 3 fully saturated rings. The quantitative estimate of drug-likeness (QED) is 0.519. The molecule has 3 saturated carbocycles. The molecule has 0 N–H and O–H groups in total. The largest absolute Gasteiger partial charge is 0.482 e. The minimum atomic E-state index is -0.421. The first-order valence-corrected chi connectivity index (χ1v) is 10.6. The van der Waals surface area contributed by atoms with Crippen LogP contribution in [0.15, 0.2) is 12.1 Å². The maximum atomic E-state index is 13.1. The fourth-order valence-corrected chi connectivity index (χ4v) is 5.68. The van der Waals surface area contributed by atoms with E-state index in [4.69, 9.17) is 9.47 Å². The minimum absolute atomic E-state index is 0.00958. The lowest BCUT2D eigenvalue weighted by molar-refractivity contribution is -0.164. The SMILES string of the molecule is CCCCC(C)(C)c1cc(OC(C)=O)c2c(c1)O[C@H]1C(=O)[C@@H]3C[C@H]([C@@H]21)C3(C)C. The average Bonchev–Trinajstić information content (AvgIpc) is 2.99. The third-order valence-electron chi connectivity index (χ3n) is 7.61. The number of carbonyl (C=O) groups excluding carboxylic acids is 2. The molecule has 4 aliphatic rings. The predicted octanol–water partition coefficient (Wildman–Crippen LogP) is 5.17. The molecule has 0 aromatic heterocycles. The molecule has 1 aliphatic heterocycles. The zero-order valence-electron chi connectivity index (χ0n) is 17.9. The first kappa shape index (κ1) is 19.5. The van der Waals surface area contributed by atoms with Crippen LogP contribution < -0.4 is 9.47 Å². The van der Waals surface area contributed by atoms with Gasteiger partial charge in [-0.05, 0) is 47.3 Å². The van der Waals surface area contributed by atoms with Crippen LogP contribution in [0.4, 0.5) is 0 Å². The van der Waals surface area contributed by atoms with Gasteiger partial charge in [0, 0.05) is 24.3 Å². The zero-order valence-corrected chi connectivity index (χ0v) is 17.9. The molecular weight excluding hydrogens is 352 g/mol. The molecule has 1 aromatic carbocycles. The van der Waals surface area contributed by atoms with Crippen molar-refractivity contribution in [1.29, 1.82) is 0 Å². The highest BCUT2D eigenvalue weighted by Crippen LogP contribution is 2.67. The van der Waals surface area contributed by atoms with Gasteiger partial charge >= 0.3 is 5.97 Å². The Hall–Kier alpha value is -1.84. The average molecular weight is 385 g/mol. The van der Waals surface area contributed by atoms with Crippen LogP contribution in [0.1, 0.15) is 84.3 Å². The highest BCUT2D eigenvalue weighted by molar-refractivity contribution is 5.92. The van der Waals surface area contributed by atoms with Crippen LogP contribution in [0.3, 0.4) is 0 Å². The number of hydrogen-bond acceptors (Lipinski definition) is 4. The maximum absolute atomic E-state index is 13.1. The van der Waals surface area contributed by atoms with Gasteiger partial charge in [0.15, 0.2) is 11.9 Å². The van der Waals surface area contributed by atoms with Crippen molar-refractivity contribution in [3.05, 3.63) is 23.3 Å². The number of benzene rings is 1. The number of ketones is 1. The van der Waals surface area contributed by atoms with Gasteiger partial charge in [-0.15, -0.1) is 0 Å². The molecule has 4 atom stereocenters. The molecule has 3 aliphatic carbocycles. The fraction of sp³-hybridized carbons (Fsp3) is 0.667. The molecule has 4 heteroatoms. The molecule has 2 bridgehead atoms. The Kier molecular flexibility index (Phi) is 4.40. The Labute approximate surface area is 168 Å². The Bertz CT molecular complexity index is 835. The van der Waals surface area contributed by atoms with Crippen molar-refractivity contribution >= 4 is 11.8 Å². The molecule has 1 aromatic rings. The number of carbonyl (C=O) groups is 2. The van der Waals surface area contributed by atoms with Crippen LogP contribution >= 0.6 is 0 Å². The third-order valence-corrected chi connectivity index (χ3v) is 7.61. The van der Waals surface area contributed by atoms with Crippen molar-refractivity contribution in [2.24, 2.45) is 17.3 Å². The van der Waals surface area contributed by atoms with E-state index in [2.05, 4.69) is 40.7 Å². The summed E-state index contributed by atoms with van der Waals surface area (Å²) < 4.78 is 11.9. The summed E-state index contributed by atoms with van der Waals surface area (Å²) in [5.41, 5.74) is 1.96. The Morgan fingerprint density at radius 3 is 2.64 bits per heavy atom. The normalized spacial score (nSPS) is 29.4. The Morgan fingerprint density at radius 1 is 1.32 bits per heavy atom. The van der Waals surface area contributed by atoms with Crippen molar-refractivity contribution in [3.8, 4) is 11.5 Å². The molecule has 0 unspecified atom stereocenters. The van der Waals surface area contributed by atoms with E-state index in [9.17, 15) is 9.59 Å².